The molecular weight excluding hydrogens is 312 g/mol. The zero-order valence-electron chi connectivity index (χ0n) is 14.8. The van der Waals surface area contributed by atoms with Crippen molar-refractivity contribution in [2.75, 3.05) is 13.1 Å². The predicted molar refractivity (Wildman–Crippen MR) is 101 cm³/mol. The minimum Gasteiger partial charge on any atom is -0.358 e. The SMILES string of the molecule is Cc1[nH]c2ccccc2c1CCn1ccn(CC2CCNCC2)c1=O. The van der Waals surface area contributed by atoms with Gasteiger partial charge in [-0.15, -0.1) is 0 Å². The summed E-state index contributed by atoms with van der Waals surface area (Å²) in [6.45, 7) is 5.82. The molecule has 3 aromatic rings. The number of H-pyrrole nitrogens is 1. The van der Waals surface area contributed by atoms with Gasteiger partial charge in [0.05, 0.1) is 0 Å². The van der Waals surface area contributed by atoms with E-state index >= 15 is 0 Å². The normalized spacial score (nSPS) is 15.9. The lowest BCUT2D eigenvalue weighted by Gasteiger charge is -2.22. The molecule has 25 heavy (non-hydrogen) atoms. The number of imidazole rings is 1. The number of aromatic nitrogens is 3. The van der Waals surface area contributed by atoms with Crippen molar-refractivity contribution >= 4 is 10.9 Å². The smallest absolute Gasteiger partial charge is 0.328 e. The molecule has 1 fully saturated rings. The molecule has 1 aliphatic rings. The summed E-state index contributed by atoms with van der Waals surface area (Å²) >= 11 is 0. The summed E-state index contributed by atoms with van der Waals surface area (Å²) in [5.41, 5.74) is 3.80. The van der Waals surface area contributed by atoms with Gasteiger partial charge in [-0.3, -0.25) is 9.13 Å². The van der Waals surface area contributed by atoms with Crippen molar-refractivity contribution in [2.24, 2.45) is 5.92 Å². The second-order valence-electron chi connectivity index (χ2n) is 7.14. The van der Waals surface area contributed by atoms with Gasteiger partial charge in [0.1, 0.15) is 0 Å². The van der Waals surface area contributed by atoms with Crippen LogP contribution in [0.5, 0.6) is 0 Å². The highest BCUT2D eigenvalue weighted by Gasteiger charge is 2.15. The average molecular weight is 338 g/mol. The topological polar surface area (TPSA) is 54.8 Å². The molecule has 0 unspecified atom stereocenters. The van der Waals surface area contributed by atoms with Gasteiger partial charge in [0.25, 0.3) is 0 Å². The third kappa shape index (κ3) is 3.29. The molecule has 0 amide bonds. The van der Waals surface area contributed by atoms with Crippen molar-refractivity contribution in [3.8, 4) is 0 Å². The number of rotatable bonds is 5. The van der Waals surface area contributed by atoms with E-state index in [9.17, 15) is 4.79 Å². The van der Waals surface area contributed by atoms with Gasteiger partial charge in [-0.2, -0.15) is 0 Å². The maximum Gasteiger partial charge on any atom is 0.328 e. The number of hydrogen-bond acceptors (Lipinski definition) is 2. The summed E-state index contributed by atoms with van der Waals surface area (Å²) in [5.74, 6) is 0.616. The van der Waals surface area contributed by atoms with E-state index in [-0.39, 0.29) is 5.69 Å². The van der Waals surface area contributed by atoms with E-state index in [2.05, 4.69) is 35.4 Å². The van der Waals surface area contributed by atoms with Gasteiger partial charge in [-0.25, -0.2) is 4.79 Å². The first-order chi connectivity index (χ1) is 12.2. The Morgan fingerprint density at radius 3 is 2.72 bits per heavy atom. The molecular formula is C20H26N4O. The summed E-state index contributed by atoms with van der Waals surface area (Å²) in [6.07, 6.45) is 7.07. The molecule has 0 atom stereocenters. The number of benzene rings is 1. The number of aryl methyl sites for hydroxylation is 3. The monoisotopic (exact) mass is 338 g/mol. The van der Waals surface area contributed by atoms with Gasteiger partial charge in [0.15, 0.2) is 0 Å². The number of nitrogens with zero attached hydrogens (tertiary/aromatic N) is 2. The van der Waals surface area contributed by atoms with Crippen LogP contribution in [0, 0.1) is 12.8 Å². The van der Waals surface area contributed by atoms with Crippen molar-refractivity contribution in [2.45, 2.75) is 39.3 Å². The Morgan fingerprint density at radius 1 is 1.12 bits per heavy atom. The van der Waals surface area contributed by atoms with Crippen LogP contribution >= 0.6 is 0 Å². The number of para-hydroxylation sites is 1. The highest BCUT2D eigenvalue weighted by atomic mass is 16.1. The third-order valence-electron chi connectivity index (χ3n) is 5.46. The lowest BCUT2D eigenvalue weighted by Crippen LogP contribution is -2.33. The van der Waals surface area contributed by atoms with Crippen LogP contribution in [0.15, 0.2) is 41.5 Å². The number of aromatic amines is 1. The van der Waals surface area contributed by atoms with Gasteiger partial charge in [0, 0.05) is 42.1 Å². The highest BCUT2D eigenvalue weighted by Crippen LogP contribution is 2.22. The van der Waals surface area contributed by atoms with Crippen LogP contribution in [0.3, 0.4) is 0 Å². The second kappa shape index (κ2) is 6.92. The molecule has 1 saturated heterocycles. The zero-order chi connectivity index (χ0) is 17.2. The third-order valence-corrected chi connectivity index (χ3v) is 5.46. The van der Waals surface area contributed by atoms with Gasteiger partial charge in [-0.1, -0.05) is 18.2 Å². The molecule has 0 aliphatic carbocycles. The summed E-state index contributed by atoms with van der Waals surface area (Å²) in [7, 11) is 0. The van der Waals surface area contributed by atoms with E-state index in [1.54, 1.807) is 0 Å². The molecule has 2 N–H and O–H groups in total. The van der Waals surface area contributed by atoms with E-state index in [1.807, 2.05) is 27.6 Å². The van der Waals surface area contributed by atoms with Crippen LogP contribution in [-0.2, 0) is 19.5 Å². The molecule has 5 heteroatoms. The highest BCUT2D eigenvalue weighted by molar-refractivity contribution is 5.84. The predicted octanol–water partition coefficient (Wildman–Crippen LogP) is 2.68. The Hall–Kier alpha value is -2.27. The first-order valence-electron chi connectivity index (χ1n) is 9.25. The fraction of sp³-hybridized carbons (Fsp3) is 0.450. The van der Waals surface area contributed by atoms with E-state index in [1.165, 1.54) is 22.2 Å². The summed E-state index contributed by atoms with van der Waals surface area (Å²) in [6, 6.07) is 8.38. The van der Waals surface area contributed by atoms with Crippen LogP contribution in [0.25, 0.3) is 10.9 Å². The number of hydrogen-bond donors (Lipinski definition) is 2. The minimum absolute atomic E-state index is 0.121. The van der Waals surface area contributed by atoms with E-state index in [0.717, 1.165) is 45.4 Å². The number of nitrogens with one attached hydrogen (secondary N) is 2. The van der Waals surface area contributed by atoms with Gasteiger partial charge >= 0.3 is 5.69 Å². The van der Waals surface area contributed by atoms with Crippen LogP contribution in [0.4, 0.5) is 0 Å². The molecule has 5 nitrogen and oxygen atoms in total. The van der Waals surface area contributed by atoms with Crippen LogP contribution in [-0.4, -0.2) is 27.2 Å². The molecule has 132 valence electrons. The molecule has 0 radical (unpaired) electrons. The molecule has 0 saturated carbocycles. The molecule has 1 aromatic carbocycles. The van der Waals surface area contributed by atoms with Crippen LogP contribution in [0.2, 0.25) is 0 Å². The summed E-state index contributed by atoms with van der Waals surface area (Å²) in [5, 5.41) is 4.65. The molecule has 0 spiro atoms. The Morgan fingerprint density at radius 2 is 1.88 bits per heavy atom. The first kappa shape index (κ1) is 16.2. The van der Waals surface area contributed by atoms with Gasteiger partial charge in [0.2, 0.25) is 0 Å². The summed E-state index contributed by atoms with van der Waals surface area (Å²) < 4.78 is 3.74. The quantitative estimate of drug-likeness (QED) is 0.751. The maximum atomic E-state index is 12.7. The molecule has 2 aromatic heterocycles. The van der Waals surface area contributed by atoms with Crippen molar-refractivity contribution in [1.29, 1.82) is 0 Å². The largest absolute Gasteiger partial charge is 0.358 e. The van der Waals surface area contributed by atoms with Gasteiger partial charge in [-0.05, 0) is 56.8 Å². The van der Waals surface area contributed by atoms with Crippen LogP contribution in [0.1, 0.15) is 24.1 Å². The Kier molecular flexibility index (Phi) is 4.49. The molecule has 3 heterocycles. The van der Waals surface area contributed by atoms with Crippen molar-refractivity contribution in [3.63, 3.8) is 0 Å². The number of piperidine rings is 1. The Balaban J connectivity index is 1.48. The first-order valence-corrected chi connectivity index (χ1v) is 9.25. The fourth-order valence-corrected chi connectivity index (χ4v) is 3.99. The molecule has 1 aliphatic heterocycles. The van der Waals surface area contributed by atoms with E-state index in [0.29, 0.717) is 5.92 Å². The van der Waals surface area contributed by atoms with Crippen LogP contribution < -0.4 is 11.0 Å². The second-order valence-corrected chi connectivity index (χ2v) is 7.14. The fourth-order valence-electron chi connectivity index (χ4n) is 3.99. The van der Waals surface area contributed by atoms with Gasteiger partial charge < -0.3 is 10.3 Å². The zero-order valence-corrected chi connectivity index (χ0v) is 14.8. The Bertz CT molecular complexity index is 911. The van der Waals surface area contributed by atoms with Crippen molar-refractivity contribution in [1.82, 2.24) is 19.4 Å². The van der Waals surface area contributed by atoms with Crippen molar-refractivity contribution < 1.29 is 0 Å². The lowest BCUT2D eigenvalue weighted by molar-refractivity contribution is 0.328. The van der Waals surface area contributed by atoms with E-state index in [4.69, 9.17) is 0 Å². The molecule has 0 bridgehead atoms. The lowest BCUT2D eigenvalue weighted by atomic mass is 9.98. The Labute approximate surface area is 147 Å². The standard InChI is InChI=1S/C20H26N4O/c1-15-17(18-4-2-3-5-19(18)22-15)8-11-23-12-13-24(20(23)25)14-16-6-9-21-10-7-16/h2-5,12-13,16,21-22H,6-11,14H2,1H3. The minimum atomic E-state index is 0.121. The summed E-state index contributed by atoms with van der Waals surface area (Å²) in [4.78, 5) is 16.1. The van der Waals surface area contributed by atoms with Crippen molar-refractivity contribution in [3.05, 3.63) is 58.4 Å². The maximum absolute atomic E-state index is 12.7. The molecule has 4 rings (SSSR count). The van der Waals surface area contributed by atoms with E-state index < -0.39 is 0 Å². The number of fused-ring (bicyclic) bond motifs is 1. The average Bonchev–Trinajstić information content (AvgIpc) is 3.14.